The number of benzene rings is 1. The molecular weight excluding hydrogens is 332 g/mol. The highest BCUT2D eigenvalue weighted by atomic mass is 19.1. The SMILES string of the molecule is O=C(O)c1cc(F)c(N2CCC(=NOC3CCNCC3)CC2)cc1F. The summed E-state index contributed by atoms with van der Waals surface area (Å²) in [5.74, 6) is -3.14. The number of carbonyl (C=O) groups is 1. The third kappa shape index (κ3) is 4.25. The van der Waals surface area contributed by atoms with Crippen LogP contribution in [0.2, 0.25) is 0 Å². The number of nitrogens with zero attached hydrogens (tertiary/aromatic N) is 2. The Morgan fingerprint density at radius 1 is 1.20 bits per heavy atom. The molecule has 0 amide bonds. The molecule has 8 heteroatoms. The van der Waals surface area contributed by atoms with E-state index in [4.69, 9.17) is 9.94 Å². The van der Waals surface area contributed by atoms with E-state index in [0.717, 1.165) is 43.8 Å². The number of rotatable bonds is 4. The molecule has 6 nitrogen and oxygen atoms in total. The number of oxime groups is 1. The van der Waals surface area contributed by atoms with Crippen molar-refractivity contribution in [1.82, 2.24) is 5.32 Å². The van der Waals surface area contributed by atoms with Crippen molar-refractivity contribution in [2.75, 3.05) is 31.1 Å². The topological polar surface area (TPSA) is 74.2 Å². The maximum absolute atomic E-state index is 14.1. The zero-order valence-corrected chi connectivity index (χ0v) is 13.8. The van der Waals surface area contributed by atoms with Crippen LogP contribution >= 0.6 is 0 Å². The molecule has 2 N–H and O–H groups in total. The fourth-order valence-corrected chi connectivity index (χ4v) is 3.09. The summed E-state index contributed by atoms with van der Waals surface area (Å²) < 4.78 is 27.9. The minimum Gasteiger partial charge on any atom is -0.478 e. The van der Waals surface area contributed by atoms with Crippen LogP contribution in [0.1, 0.15) is 36.0 Å². The van der Waals surface area contributed by atoms with E-state index < -0.39 is 23.2 Å². The smallest absolute Gasteiger partial charge is 0.338 e. The standard InChI is InChI=1S/C17H21F2N3O3/c18-14-10-16(15(19)9-13(14)17(23)24)22-7-3-11(4-8-22)21-25-12-1-5-20-6-2-12/h9-10,12,20H,1-8H2,(H,23,24). The average molecular weight is 353 g/mol. The molecule has 2 saturated heterocycles. The fourth-order valence-electron chi connectivity index (χ4n) is 3.09. The minimum atomic E-state index is -1.48. The van der Waals surface area contributed by atoms with Gasteiger partial charge in [0.2, 0.25) is 0 Å². The highest BCUT2D eigenvalue weighted by Crippen LogP contribution is 2.26. The van der Waals surface area contributed by atoms with E-state index in [9.17, 15) is 13.6 Å². The molecule has 136 valence electrons. The van der Waals surface area contributed by atoms with Gasteiger partial charge in [0, 0.05) is 32.0 Å². The molecule has 2 aliphatic heterocycles. The lowest BCUT2D eigenvalue weighted by molar-refractivity contribution is 0.0368. The van der Waals surface area contributed by atoms with Gasteiger partial charge in [0.1, 0.15) is 17.7 Å². The summed E-state index contributed by atoms with van der Waals surface area (Å²) in [5.41, 5.74) is 0.342. The Kier molecular flexibility index (Phi) is 5.47. The molecule has 0 radical (unpaired) electrons. The van der Waals surface area contributed by atoms with E-state index in [2.05, 4.69) is 10.5 Å². The third-order valence-electron chi connectivity index (χ3n) is 4.57. The van der Waals surface area contributed by atoms with Crippen LogP contribution in [-0.2, 0) is 4.84 Å². The largest absolute Gasteiger partial charge is 0.478 e. The van der Waals surface area contributed by atoms with Crippen molar-refractivity contribution in [3.8, 4) is 0 Å². The number of piperidine rings is 2. The molecule has 2 heterocycles. The van der Waals surface area contributed by atoms with Crippen molar-refractivity contribution in [3.05, 3.63) is 29.3 Å². The second-order valence-electron chi connectivity index (χ2n) is 6.29. The van der Waals surface area contributed by atoms with E-state index >= 15 is 0 Å². The van der Waals surface area contributed by atoms with E-state index in [1.807, 2.05) is 0 Å². The number of nitrogens with one attached hydrogen (secondary N) is 1. The van der Waals surface area contributed by atoms with Crippen LogP contribution in [0.5, 0.6) is 0 Å². The third-order valence-corrected chi connectivity index (χ3v) is 4.57. The predicted octanol–water partition coefficient (Wildman–Crippen LogP) is 2.39. The Morgan fingerprint density at radius 2 is 1.88 bits per heavy atom. The molecule has 25 heavy (non-hydrogen) atoms. The lowest BCUT2D eigenvalue weighted by atomic mass is 10.1. The lowest BCUT2D eigenvalue weighted by Crippen LogP contribution is -2.35. The Bertz CT molecular complexity index is 665. The Balaban J connectivity index is 1.60. The Hall–Kier alpha value is -2.22. The van der Waals surface area contributed by atoms with Gasteiger partial charge in [-0.3, -0.25) is 0 Å². The summed E-state index contributed by atoms with van der Waals surface area (Å²) in [4.78, 5) is 18.1. The molecule has 0 bridgehead atoms. The zero-order chi connectivity index (χ0) is 17.8. The normalized spacial score (nSPS) is 19.0. The molecule has 3 rings (SSSR count). The van der Waals surface area contributed by atoms with Crippen molar-refractivity contribution in [2.45, 2.75) is 31.8 Å². The van der Waals surface area contributed by atoms with E-state index in [1.54, 1.807) is 4.90 Å². The number of anilines is 1. The summed E-state index contributed by atoms with van der Waals surface area (Å²) in [6, 6.07) is 1.68. The second-order valence-corrected chi connectivity index (χ2v) is 6.29. The summed E-state index contributed by atoms with van der Waals surface area (Å²) >= 11 is 0. The van der Waals surface area contributed by atoms with Gasteiger partial charge in [-0.15, -0.1) is 0 Å². The van der Waals surface area contributed by atoms with Gasteiger partial charge in [-0.1, -0.05) is 5.16 Å². The van der Waals surface area contributed by atoms with Crippen molar-refractivity contribution >= 4 is 17.4 Å². The second kappa shape index (κ2) is 7.77. The first kappa shape index (κ1) is 17.6. The fraction of sp³-hybridized carbons (Fsp3) is 0.529. The number of hydrogen-bond donors (Lipinski definition) is 2. The van der Waals surface area contributed by atoms with Gasteiger partial charge >= 0.3 is 5.97 Å². The Morgan fingerprint density at radius 3 is 2.52 bits per heavy atom. The van der Waals surface area contributed by atoms with Gasteiger partial charge in [-0.2, -0.15) is 0 Å². The maximum Gasteiger partial charge on any atom is 0.338 e. The summed E-state index contributed by atoms with van der Waals surface area (Å²) in [6.45, 7) is 2.83. The number of carboxylic acids is 1. The van der Waals surface area contributed by atoms with E-state index in [0.29, 0.717) is 25.9 Å². The molecule has 0 spiro atoms. The average Bonchev–Trinajstić information content (AvgIpc) is 2.63. The van der Waals surface area contributed by atoms with Crippen LogP contribution < -0.4 is 10.2 Å². The monoisotopic (exact) mass is 353 g/mol. The van der Waals surface area contributed by atoms with Gasteiger partial charge in [-0.05, 0) is 32.0 Å². The number of halogens is 2. The zero-order valence-electron chi connectivity index (χ0n) is 13.8. The van der Waals surface area contributed by atoms with Crippen molar-refractivity contribution < 1.29 is 23.5 Å². The summed E-state index contributed by atoms with van der Waals surface area (Å²) in [5, 5.41) is 16.3. The van der Waals surface area contributed by atoms with Gasteiger partial charge in [-0.25, -0.2) is 13.6 Å². The van der Waals surface area contributed by atoms with Gasteiger partial charge in [0.15, 0.2) is 0 Å². The first-order valence-corrected chi connectivity index (χ1v) is 8.44. The van der Waals surface area contributed by atoms with Gasteiger partial charge in [0.25, 0.3) is 0 Å². The van der Waals surface area contributed by atoms with Crippen LogP contribution in [-0.4, -0.2) is 49.1 Å². The molecule has 1 aromatic rings. The van der Waals surface area contributed by atoms with Crippen LogP contribution in [0.3, 0.4) is 0 Å². The maximum atomic E-state index is 14.1. The highest BCUT2D eigenvalue weighted by molar-refractivity contribution is 5.89. The minimum absolute atomic E-state index is 0.0841. The molecule has 0 aromatic heterocycles. The van der Waals surface area contributed by atoms with Gasteiger partial charge < -0.3 is 20.2 Å². The summed E-state index contributed by atoms with van der Waals surface area (Å²) in [7, 11) is 0. The van der Waals surface area contributed by atoms with Crippen LogP contribution in [0, 0.1) is 11.6 Å². The van der Waals surface area contributed by atoms with Crippen LogP contribution in [0.15, 0.2) is 17.3 Å². The molecule has 0 aliphatic carbocycles. The number of hydrogen-bond acceptors (Lipinski definition) is 5. The van der Waals surface area contributed by atoms with E-state index in [-0.39, 0.29) is 11.8 Å². The quantitative estimate of drug-likeness (QED) is 0.813. The van der Waals surface area contributed by atoms with Crippen molar-refractivity contribution in [1.29, 1.82) is 0 Å². The molecular formula is C17H21F2N3O3. The number of carboxylic acid groups (broad SMARTS) is 1. The lowest BCUT2D eigenvalue weighted by Gasteiger charge is -2.30. The molecule has 2 aliphatic rings. The van der Waals surface area contributed by atoms with Gasteiger partial charge in [0.05, 0.1) is 17.0 Å². The summed E-state index contributed by atoms with van der Waals surface area (Å²) in [6.07, 6.45) is 3.22. The predicted molar refractivity (Wildman–Crippen MR) is 89.2 cm³/mol. The van der Waals surface area contributed by atoms with E-state index in [1.165, 1.54) is 0 Å². The van der Waals surface area contributed by atoms with Crippen LogP contribution in [0.4, 0.5) is 14.5 Å². The van der Waals surface area contributed by atoms with Crippen molar-refractivity contribution in [2.24, 2.45) is 5.16 Å². The first-order chi connectivity index (χ1) is 12.0. The van der Waals surface area contributed by atoms with Crippen LogP contribution in [0.25, 0.3) is 0 Å². The van der Waals surface area contributed by atoms with Crippen molar-refractivity contribution in [3.63, 3.8) is 0 Å². The molecule has 0 unspecified atom stereocenters. The molecule has 0 saturated carbocycles. The molecule has 2 fully saturated rings. The highest BCUT2D eigenvalue weighted by Gasteiger charge is 2.23. The Labute approximate surface area is 144 Å². The number of aromatic carboxylic acids is 1. The molecule has 0 atom stereocenters. The molecule has 1 aromatic carbocycles. The first-order valence-electron chi connectivity index (χ1n) is 8.44.